The molecule has 0 spiro atoms. The average molecular weight is 234 g/mol. The van der Waals surface area contributed by atoms with E-state index in [2.05, 4.69) is 10.6 Å². The molecule has 15 heavy (non-hydrogen) atoms. The lowest BCUT2D eigenvalue weighted by Gasteiger charge is -2.28. The zero-order valence-electron chi connectivity index (χ0n) is 9.00. The first-order valence-corrected chi connectivity index (χ1v) is 5.62. The fraction of sp³-hybridized carbons (Fsp3) is 0.900. The Hall–Kier alpha value is -0.480. The summed E-state index contributed by atoms with van der Waals surface area (Å²) in [6.45, 7) is 3.84. The lowest BCUT2D eigenvalue weighted by molar-refractivity contribution is 0.183. The first kappa shape index (κ1) is 12.6. The molecule has 2 fully saturated rings. The Morgan fingerprint density at radius 2 is 2.00 bits per heavy atom. The fourth-order valence-corrected chi connectivity index (χ4v) is 2.14. The maximum Gasteiger partial charge on any atom is 0.317 e. The molecule has 4 nitrogen and oxygen atoms in total. The summed E-state index contributed by atoms with van der Waals surface area (Å²) in [7, 11) is 0. The van der Waals surface area contributed by atoms with Crippen LogP contribution in [0.1, 0.15) is 25.7 Å². The summed E-state index contributed by atoms with van der Waals surface area (Å²) in [5.74, 6) is 0. The molecular weight excluding hydrogens is 214 g/mol. The van der Waals surface area contributed by atoms with Crippen LogP contribution in [0.2, 0.25) is 0 Å². The standard InChI is InChI=1S/C10H19N3O.ClH/c14-10(12-9-4-5-11-8-9)13-6-2-1-3-7-13;/h9,11H,1-8H2,(H,12,14);1H/t9-;/m0./s1. The zero-order chi connectivity index (χ0) is 9.80. The number of piperidine rings is 1. The maximum atomic E-state index is 11.7. The second-order valence-electron chi connectivity index (χ2n) is 4.19. The normalized spacial score (nSPS) is 25.9. The van der Waals surface area contributed by atoms with Crippen LogP contribution in [-0.2, 0) is 0 Å². The molecule has 0 aromatic rings. The Morgan fingerprint density at radius 1 is 1.27 bits per heavy atom. The van der Waals surface area contributed by atoms with E-state index in [1.807, 2.05) is 4.90 Å². The molecule has 0 unspecified atom stereocenters. The summed E-state index contributed by atoms with van der Waals surface area (Å²) in [6, 6.07) is 0.489. The van der Waals surface area contributed by atoms with Crippen LogP contribution in [0, 0.1) is 0 Å². The molecule has 2 rings (SSSR count). The summed E-state index contributed by atoms with van der Waals surface area (Å²) < 4.78 is 0. The number of nitrogens with zero attached hydrogens (tertiary/aromatic N) is 1. The average Bonchev–Trinajstić information content (AvgIpc) is 2.72. The number of amides is 2. The summed E-state index contributed by atoms with van der Waals surface area (Å²) in [5.41, 5.74) is 0. The number of carbonyl (C=O) groups is 1. The summed E-state index contributed by atoms with van der Waals surface area (Å²) in [6.07, 6.45) is 4.67. The Kier molecular flexibility index (Phi) is 5.19. The van der Waals surface area contributed by atoms with Crippen molar-refractivity contribution in [3.8, 4) is 0 Å². The van der Waals surface area contributed by atoms with E-state index in [1.165, 1.54) is 6.42 Å². The fourth-order valence-electron chi connectivity index (χ4n) is 2.14. The highest BCUT2D eigenvalue weighted by atomic mass is 35.5. The second kappa shape index (κ2) is 6.18. The van der Waals surface area contributed by atoms with Gasteiger partial charge in [-0.1, -0.05) is 0 Å². The Bertz CT molecular complexity index is 201. The molecule has 0 aromatic heterocycles. The van der Waals surface area contributed by atoms with Crippen molar-refractivity contribution in [2.45, 2.75) is 31.7 Å². The first-order chi connectivity index (χ1) is 6.86. The van der Waals surface area contributed by atoms with Crippen LogP contribution in [0.5, 0.6) is 0 Å². The van der Waals surface area contributed by atoms with Gasteiger partial charge in [0.2, 0.25) is 0 Å². The molecule has 0 aliphatic carbocycles. The molecule has 1 atom stereocenters. The van der Waals surface area contributed by atoms with Crippen molar-refractivity contribution in [3.63, 3.8) is 0 Å². The lowest BCUT2D eigenvalue weighted by Crippen LogP contribution is -2.47. The third-order valence-electron chi connectivity index (χ3n) is 3.03. The molecule has 0 saturated carbocycles. The molecular formula is C10H20ClN3O. The van der Waals surface area contributed by atoms with E-state index < -0.39 is 0 Å². The van der Waals surface area contributed by atoms with E-state index in [9.17, 15) is 4.79 Å². The van der Waals surface area contributed by atoms with Gasteiger partial charge in [0.25, 0.3) is 0 Å². The van der Waals surface area contributed by atoms with Gasteiger partial charge >= 0.3 is 6.03 Å². The van der Waals surface area contributed by atoms with Gasteiger partial charge in [-0.3, -0.25) is 0 Å². The minimum atomic E-state index is 0. The minimum Gasteiger partial charge on any atom is -0.334 e. The van der Waals surface area contributed by atoms with Crippen molar-refractivity contribution < 1.29 is 4.79 Å². The largest absolute Gasteiger partial charge is 0.334 e. The monoisotopic (exact) mass is 233 g/mol. The van der Waals surface area contributed by atoms with Crippen LogP contribution in [0.3, 0.4) is 0 Å². The number of halogens is 1. The zero-order valence-corrected chi connectivity index (χ0v) is 9.81. The molecule has 2 aliphatic heterocycles. The molecule has 0 radical (unpaired) electrons. The summed E-state index contributed by atoms with van der Waals surface area (Å²) >= 11 is 0. The van der Waals surface area contributed by atoms with Crippen LogP contribution in [0.4, 0.5) is 4.79 Å². The molecule has 5 heteroatoms. The lowest BCUT2D eigenvalue weighted by atomic mass is 10.1. The SMILES string of the molecule is Cl.O=C(N[C@H]1CCNC1)N1CCCCC1. The van der Waals surface area contributed by atoms with Crippen molar-refractivity contribution in [2.75, 3.05) is 26.2 Å². The molecule has 2 N–H and O–H groups in total. The summed E-state index contributed by atoms with van der Waals surface area (Å²) in [4.78, 5) is 13.7. The maximum absolute atomic E-state index is 11.7. The van der Waals surface area contributed by atoms with E-state index in [0.717, 1.165) is 45.4 Å². The van der Waals surface area contributed by atoms with Gasteiger partial charge in [0, 0.05) is 25.7 Å². The van der Waals surface area contributed by atoms with Crippen molar-refractivity contribution >= 4 is 18.4 Å². The highest BCUT2D eigenvalue weighted by molar-refractivity contribution is 5.85. The third kappa shape index (κ3) is 3.54. The van der Waals surface area contributed by atoms with Crippen LogP contribution in [0.15, 0.2) is 0 Å². The number of likely N-dealkylation sites (tertiary alicyclic amines) is 1. The topological polar surface area (TPSA) is 44.4 Å². The minimum absolute atomic E-state index is 0. The van der Waals surface area contributed by atoms with Crippen molar-refractivity contribution in [1.82, 2.24) is 15.5 Å². The second-order valence-corrected chi connectivity index (χ2v) is 4.19. The van der Waals surface area contributed by atoms with Crippen LogP contribution in [-0.4, -0.2) is 43.2 Å². The molecule has 88 valence electrons. The predicted octanol–water partition coefficient (Wildman–Crippen LogP) is 0.966. The number of hydrogen-bond acceptors (Lipinski definition) is 2. The Balaban J connectivity index is 0.00000112. The van der Waals surface area contributed by atoms with E-state index in [1.54, 1.807) is 0 Å². The third-order valence-corrected chi connectivity index (χ3v) is 3.03. The highest BCUT2D eigenvalue weighted by Gasteiger charge is 2.21. The Labute approximate surface area is 97.2 Å². The van der Waals surface area contributed by atoms with Gasteiger partial charge in [-0.15, -0.1) is 12.4 Å². The molecule has 2 aliphatic rings. The summed E-state index contributed by atoms with van der Waals surface area (Å²) in [5, 5.41) is 6.32. The first-order valence-electron chi connectivity index (χ1n) is 5.62. The number of carbonyl (C=O) groups excluding carboxylic acids is 1. The molecule has 0 bridgehead atoms. The number of rotatable bonds is 1. The van der Waals surface area contributed by atoms with Gasteiger partial charge < -0.3 is 15.5 Å². The van der Waals surface area contributed by atoms with Gasteiger partial charge in [-0.2, -0.15) is 0 Å². The van der Waals surface area contributed by atoms with E-state index in [4.69, 9.17) is 0 Å². The highest BCUT2D eigenvalue weighted by Crippen LogP contribution is 2.09. The van der Waals surface area contributed by atoms with Gasteiger partial charge in [0.15, 0.2) is 0 Å². The van der Waals surface area contributed by atoms with Gasteiger partial charge in [-0.05, 0) is 32.2 Å². The molecule has 2 amide bonds. The van der Waals surface area contributed by atoms with Crippen molar-refractivity contribution in [1.29, 1.82) is 0 Å². The van der Waals surface area contributed by atoms with E-state index in [0.29, 0.717) is 6.04 Å². The number of nitrogens with one attached hydrogen (secondary N) is 2. The van der Waals surface area contributed by atoms with E-state index in [-0.39, 0.29) is 18.4 Å². The van der Waals surface area contributed by atoms with Gasteiger partial charge in [0.05, 0.1) is 0 Å². The van der Waals surface area contributed by atoms with Crippen LogP contribution >= 0.6 is 12.4 Å². The van der Waals surface area contributed by atoms with Crippen LogP contribution < -0.4 is 10.6 Å². The van der Waals surface area contributed by atoms with Gasteiger partial charge in [-0.25, -0.2) is 4.79 Å². The molecule has 2 saturated heterocycles. The number of urea groups is 1. The van der Waals surface area contributed by atoms with Crippen LogP contribution in [0.25, 0.3) is 0 Å². The molecule has 0 aromatic carbocycles. The Morgan fingerprint density at radius 3 is 2.60 bits per heavy atom. The quantitative estimate of drug-likeness (QED) is 0.709. The van der Waals surface area contributed by atoms with Gasteiger partial charge in [0.1, 0.15) is 0 Å². The van der Waals surface area contributed by atoms with Crippen molar-refractivity contribution in [3.05, 3.63) is 0 Å². The predicted molar refractivity (Wildman–Crippen MR) is 62.5 cm³/mol. The smallest absolute Gasteiger partial charge is 0.317 e. The van der Waals surface area contributed by atoms with Crippen molar-refractivity contribution in [2.24, 2.45) is 0 Å². The number of hydrogen-bond donors (Lipinski definition) is 2. The van der Waals surface area contributed by atoms with E-state index >= 15 is 0 Å². The molecule has 2 heterocycles.